The highest BCUT2D eigenvalue weighted by molar-refractivity contribution is 7.91. The van der Waals surface area contributed by atoms with E-state index < -0.39 is 9.84 Å². The first-order valence-corrected chi connectivity index (χ1v) is 9.62. The molecule has 1 fully saturated rings. The third-order valence-corrected chi connectivity index (χ3v) is 5.43. The molecule has 0 aromatic heterocycles. The van der Waals surface area contributed by atoms with E-state index in [0.717, 1.165) is 11.3 Å². The molecule has 7 heteroatoms. The quantitative estimate of drug-likeness (QED) is 0.859. The van der Waals surface area contributed by atoms with E-state index in [4.69, 9.17) is 4.74 Å². The number of amides is 2. The SMILES string of the molecule is CC(C)Oc1ccccc1[C@H](C)NC(=O)N[C@@H]1CCS(=O)(=O)C1. The molecule has 0 aliphatic carbocycles. The number of hydrogen-bond acceptors (Lipinski definition) is 4. The van der Waals surface area contributed by atoms with Crippen LogP contribution in [0.1, 0.15) is 38.8 Å². The van der Waals surface area contributed by atoms with E-state index in [0.29, 0.717) is 6.42 Å². The molecule has 2 N–H and O–H groups in total. The second kappa shape index (κ2) is 7.21. The van der Waals surface area contributed by atoms with Gasteiger partial charge in [-0.25, -0.2) is 13.2 Å². The predicted octanol–water partition coefficient (Wildman–Crippen LogP) is 2.02. The molecular weight excluding hydrogens is 316 g/mol. The Kier molecular flexibility index (Phi) is 5.51. The number of rotatable bonds is 5. The molecule has 0 saturated carbocycles. The lowest BCUT2D eigenvalue weighted by Crippen LogP contribution is -2.43. The summed E-state index contributed by atoms with van der Waals surface area (Å²) in [7, 11) is -3.00. The summed E-state index contributed by atoms with van der Waals surface area (Å²) in [6.07, 6.45) is 0.512. The minimum atomic E-state index is -3.00. The van der Waals surface area contributed by atoms with Gasteiger partial charge in [-0.1, -0.05) is 18.2 Å². The van der Waals surface area contributed by atoms with E-state index in [2.05, 4.69) is 10.6 Å². The normalized spacial score (nSPS) is 21.0. The smallest absolute Gasteiger partial charge is 0.315 e. The zero-order valence-electron chi connectivity index (χ0n) is 13.7. The van der Waals surface area contributed by atoms with Crippen LogP contribution in [-0.2, 0) is 9.84 Å². The highest BCUT2D eigenvalue weighted by Gasteiger charge is 2.29. The maximum absolute atomic E-state index is 12.1. The maximum atomic E-state index is 12.1. The van der Waals surface area contributed by atoms with Crippen LogP contribution in [0.3, 0.4) is 0 Å². The molecule has 0 radical (unpaired) electrons. The number of carbonyl (C=O) groups is 1. The van der Waals surface area contributed by atoms with Crippen LogP contribution in [0.4, 0.5) is 4.79 Å². The molecule has 1 saturated heterocycles. The zero-order valence-corrected chi connectivity index (χ0v) is 14.5. The largest absolute Gasteiger partial charge is 0.491 e. The van der Waals surface area contributed by atoms with Gasteiger partial charge in [0.25, 0.3) is 0 Å². The second-order valence-corrected chi connectivity index (χ2v) is 8.37. The molecule has 1 aromatic rings. The Balaban J connectivity index is 1.96. The zero-order chi connectivity index (χ0) is 17.0. The number of benzene rings is 1. The van der Waals surface area contributed by atoms with Crippen molar-refractivity contribution in [1.82, 2.24) is 10.6 Å². The first-order chi connectivity index (χ1) is 10.8. The third-order valence-electron chi connectivity index (χ3n) is 3.66. The van der Waals surface area contributed by atoms with Crippen LogP contribution >= 0.6 is 0 Å². The van der Waals surface area contributed by atoms with Crippen LogP contribution < -0.4 is 15.4 Å². The highest BCUT2D eigenvalue weighted by atomic mass is 32.2. The molecule has 0 spiro atoms. The van der Waals surface area contributed by atoms with Crippen molar-refractivity contribution in [3.05, 3.63) is 29.8 Å². The molecule has 0 bridgehead atoms. The second-order valence-electron chi connectivity index (χ2n) is 6.14. The van der Waals surface area contributed by atoms with Crippen LogP contribution in [0.25, 0.3) is 0 Å². The summed E-state index contributed by atoms with van der Waals surface area (Å²) < 4.78 is 28.6. The molecule has 128 valence electrons. The fraction of sp³-hybridized carbons (Fsp3) is 0.562. The van der Waals surface area contributed by atoms with Crippen LogP contribution in [0.15, 0.2) is 24.3 Å². The van der Waals surface area contributed by atoms with Gasteiger partial charge in [0, 0.05) is 11.6 Å². The summed E-state index contributed by atoms with van der Waals surface area (Å²) in [6, 6.07) is 6.63. The number of ether oxygens (including phenoxy) is 1. The summed E-state index contributed by atoms with van der Waals surface area (Å²) in [5, 5.41) is 5.56. The van der Waals surface area contributed by atoms with E-state index >= 15 is 0 Å². The lowest BCUT2D eigenvalue weighted by atomic mass is 10.1. The molecule has 1 aromatic carbocycles. The van der Waals surface area contributed by atoms with Gasteiger partial charge < -0.3 is 15.4 Å². The predicted molar refractivity (Wildman–Crippen MR) is 89.3 cm³/mol. The van der Waals surface area contributed by atoms with Gasteiger partial charge >= 0.3 is 6.03 Å². The van der Waals surface area contributed by atoms with Crippen molar-refractivity contribution >= 4 is 15.9 Å². The van der Waals surface area contributed by atoms with Crippen LogP contribution in [0.5, 0.6) is 5.75 Å². The lowest BCUT2D eigenvalue weighted by Gasteiger charge is -2.21. The Hall–Kier alpha value is -1.76. The molecule has 2 amide bonds. The van der Waals surface area contributed by atoms with Gasteiger partial charge in [-0.3, -0.25) is 0 Å². The summed E-state index contributed by atoms with van der Waals surface area (Å²) >= 11 is 0. The van der Waals surface area contributed by atoms with Crippen molar-refractivity contribution < 1.29 is 17.9 Å². The molecule has 1 aliphatic heterocycles. The summed E-state index contributed by atoms with van der Waals surface area (Å²) in [5.74, 6) is 0.888. The average Bonchev–Trinajstić information content (AvgIpc) is 2.77. The standard InChI is InChI=1S/C16H24N2O4S/c1-11(2)22-15-7-5-4-6-14(15)12(3)17-16(19)18-13-8-9-23(20,21)10-13/h4-7,11-13H,8-10H2,1-3H3,(H2,17,18,19)/t12-,13+/m0/s1. The number of nitrogens with one attached hydrogen (secondary N) is 2. The molecule has 6 nitrogen and oxygen atoms in total. The van der Waals surface area contributed by atoms with Gasteiger partial charge in [0.05, 0.1) is 23.7 Å². The Labute approximate surface area is 137 Å². The van der Waals surface area contributed by atoms with Gasteiger partial charge in [-0.15, -0.1) is 0 Å². The van der Waals surface area contributed by atoms with Gasteiger partial charge in [-0.2, -0.15) is 0 Å². The van der Waals surface area contributed by atoms with Gasteiger partial charge in [-0.05, 0) is 33.3 Å². The number of carbonyl (C=O) groups excluding carboxylic acids is 1. The minimum Gasteiger partial charge on any atom is -0.491 e. The Morgan fingerprint density at radius 1 is 1.26 bits per heavy atom. The highest BCUT2D eigenvalue weighted by Crippen LogP contribution is 2.25. The number of sulfone groups is 1. The first kappa shape index (κ1) is 17.6. The maximum Gasteiger partial charge on any atom is 0.315 e. The van der Waals surface area contributed by atoms with Crippen molar-refractivity contribution in [2.24, 2.45) is 0 Å². The average molecular weight is 340 g/mol. The number of urea groups is 1. The lowest BCUT2D eigenvalue weighted by molar-refractivity contribution is 0.230. The van der Waals surface area contributed by atoms with E-state index in [1.54, 1.807) is 0 Å². The van der Waals surface area contributed by atoms with Crippen molar-refractivity contribution in [2.75, 3.05) is 11.5 Å². The fourth-order valence-corrected chi connectivity index (χ4v) is 4.28. The Bertz CT molecular complexity index is 658. The topological polar surface area (TPSA) is 84.5 Å². The Morgan fingerprint density at radius 2 is 1.96 bits per heavy atom. The molecular formula is C16H24N2O4S. The molecule has 2 atom stereocenters. The summed E-state index contributed by atoms with van der Waals surface area (Å²) in [5.41, 5.74) is 0.885. The summed E-state index contributed by atoms with van der Waals surface area (Å²) in [6.45, 7) is 5.76. The van der Waals surface area contributed by atoms with Crippen LogP contribution in [0.2, 0.25) is 0 Å². The molecule has 1 aliphatic rings. The van der Waals surface area contributed by atoms with Crippen molar-refractivity contribution in [3.63, 3.8) is 0 Å². The number of para-hydroxylation sites is 1. The Morgan fingerprint density at radius 3 is 2.57 bits per heavy atom. The van der Waals surface area contributed by atoms with Crippen molar-refractivity contribution in [2.45, 2.75) is 45.4 Å². The van der Waals surface area contributed by atoms with Crippen molar-refractivity contribution in [3.8, 4) is 5.75 Å². The minimum absolute atomic E-state index is 0.0157. The van der Waals surface area contributed by atoms with E-state index in [9.17, 15) is 13.2 Å². The van der Waals surface area contributed by atoms with Gasteiger partial charge in [0.1, 0.15) is 5.75 Å². The molecule has 1 heterocycles. The molecule has 23 heavy (non-hydrogen) atoms. The van der Waals surface area contributed by atoms with Crippen molar-refractivity contribution in [1.29, 1.82) is 0 Å². The first-order valence-electron chi connectivity index (χ1n) is 7.80. The summed E-state index contributed by atoms with van der Waals surface area (Å²) in [4.78, 5) is 12.1. The van der Waals surface area contributed by atoms with Gasteiger partial charge in [0.2, 0.25) is 0 Å². The molecule has 0 unspecified atom stereocenters. The van der Waals surface area contributed by atoms with Crippen LogP contribution in [-0.4, -0.2) is 38.1 Å². The van der Waals surface area contributed by atoms with Crippen LogP contribution in [0, 0.1) is 0 Å². The van der Waals surface area contributed by atoms with E-state index in [1.165, 1.54) is 0 Å². The van der Waals surface area contributed by atoms with E-state index in [1.807, 2.05) is 45.0 Å². The fourth-order valence-electron chi connectivity index (χ4n) is 2.61. The third kappa shape index (κ3) is 5.13. The molecule has 2 rings (SSSR count). The number of hydrogen-bond donors (Lipinski definition) is 2. The van der Waals surface area contributed by atoms with Gasteiger partial charge in [0.15, 0.2) is 9.84 Å². The van der Waals surface area contributed by atoms with E-state index in [-0.39, 0.29) is 35.7 Å². The monoisotopic (exact) mass is 340 g/mol.